The lowest BCUT2D eigenvalue weighted by molar-refractivity contribution is -0.139. The molecule has 12 heteroatoms. The van der Waals surface area contributed by atoms with Crippen molar-refractivity contribution in [2.45, 2.75) is 32.0 Å². The molecule has 0 radical (unpaired) electrons. The van der Waals surface area contributed by atoms with Crippen molar-refractivity contribution in [2.24, 2.45) is 5.92 Å². The van der Waals surface area contributed by atoms with Gasteiger partial charge in [0.05, 0.1) is 41.3 Å². The van der Waals surface area contributed by atoms with E-state index in [0.29, 0.717) is 69.1 Å². The summed E-state index contributed by atoms with van der Waals surface area (Å²) in [6.45, 7) is 2.03. The number of para-hydroxylation sites is 6. The molecule has 0 spiro atoms. The van der Waals surface area contributed by atoms with Gasteiger partial charge in [-0.05, 0) is 90.0 Å². The van der Waals surface area contributed by atoms with Gasteiger partial charge in [-0.1, -0.05) is 110 Å². The number of benzene rings is 7. The molecule has 3 aliphatic heterocycles. The van der Waals surface area contributed by atoms with Crippen LogP contribution in [0.4, 0.5) is 28.4 Å². The van der Waals surface area contributed by atoms with Crippen LogP contribution in [0.1, 0.15) is 50.8 Å². The minimum Gasteiger partial charge on any atom is -0.454 e. The first kappa shape index (κ1) is 43.6. The topological polar surface area (TPSA) is 140 Å². The Morgan fingerprint density at radius 3 is 1.76 bits per heavy atom. The Bertz CT molecular complexity index is 3120. The molecule has 3 heterocycles. The molecule has 7 aromatic rings. The Balaban J connectivity index is 0.995. The molecule has 0 bridgehead atoms. The maximum atomic E-state index is 15.0. The fourth-order valence-electron chi connectivity index (χ4n) is 9.15. The molecule has 0 saturated carbocycles. The second-order valence-corrected chi connectivity index (χ2v) is 16.9. The molecule has 2 atom stereocenters. The number of ether oxygens (including phenoxy) is 2. The molecular weight excluding hydrogens is 857 g/mol. The number of aliphatic hydroxyl groups is 2. The van der Waals surface area contributed by atoms with E-state index in [9.17, 15) is 24.6 Å². The number of carbonyl (C=O) groups excluding carboxylic acids is 4. The van der Waals surface area contributed by atoms with Gasteiger partial charge in [-0.15, -0.1) is 0 Å². The normalized spacial score (nSPS) is 16.4. The number of nitrogens with zero attached hydrogens (tertiary/aromatic N) is 4. The minimum absolute atomic E-state index is 0.0371. The smallest absolute Gasteiger partial charge is 0.266 e. The Labute approximate surface area is 393 Å². The zero-order chi connectivity index (χ0) is 46.9. The van der Waals surface area contributed by atoms with E-state index in [0.717, 1.165) is 11.1 Å². The van der Waals surface area contributed by atoms with Crippen LogP contribution in [0.15, 0.2) is 182 Å². The first-order valence-electron chi connectivity index (χ1n) is 22.4. The predicted octanol–water partition coefficient (Wildman–Crippen LogP) is 10.2. The minimum atomic E-state index is -2.14. The van der Waals surface area contributed by atoms with Gasteiger partial charge >= 0.3 is 0 Å². The van der Waals surface area contributed by atoms with Gasteiger partial charge in [-0.3, -0.25) is 29.0 Å². The number of hydrogen-bond acceptors (Lipinski definition) is 8. The van der Waals surface area contributed by atoms with E-state index in [1.54, 1.807) is 102 Å². The summed E-state index contributed by atoms with van der Waals surface area (Å²) in [5.41, 5.74) is 3.01. The van der Waals surface area contributed by atoms with Crippen LogP contribution in [-0.2, 0) is 28.3 Å². The number of amides is 4. The molecule has 7 aromatic carbocycles. The molecule has 0 saturated heterocycles. The summed E-state index contributed by atoms with van der Waals surface area (Å²) < 4.78 is 12.5. The van der Waals surface area contributed by atoms with Gasteiger partial charge in [0, 0.05) is 42.4 Å². The summed E-state index contributed by atoms with van der Waals surface area (Å²) in [5, 5.41) is 22.7. The van der Waals surface area contributed by atoms with Gasteiger partial charge in [0.25, 0.3) is 17.7 Å². The van der Waals surface area contributed by atoms with Gasteiger partial charge in [0.2, 0.25) is 5.91 Å². The van der Waals surface area contributed by atoms with Gasteiger partial charge in [-0.25, -0.2) is 0 Å². The van der Waals surface area contributed by atoms with Crippen LogP contribution in [0.2, 0.25) is 0 Å². The fourth-order valence-corrected chi connectivity index (χ4v) is 9.15. The highest BCUT2D eigenvalue weighted by Gasteiger charge is 2.53. The fraction of sp³-hybridized carbons (Fsp3) is 0.143. The Morgan fingerprint density at radius 2 is 1.16 bits per heavy atom. The highest BCUT2D eigenvalue weighted by atomic mass is 16.5. The van der Waals surface area contributed by atoms with Crippen molar-refractivity contribution in [3.8, 4) is 23.0 Å². The summed E-state index contributed by atoms with van der Waals surface area (Å²) in [6.07, 6.45) is 3.27. The largest absolute Gasteiger partial charge is 0.454 e. The van der Waals surface area contributed by atoms with Crippen LogP contribution in [-0.4, -0.2) is 51.9 Å². The lowest BCUT2D eigenvalue weighted by Gasteiger charge is -2.29. The van der Waals surface area contributed by atoms with Crippen molar-refractivity contribution in [3.63, 3.8) is 0 Å². The lowest BCUT2D eigenvalue weighted by Crippen LogP contribution is -2.44. The van der Waals surface area contributed by atoms with Gasteiger partial charge < -0.3 is 29.5 Å². The van der Waals surface area contributed by atoms with Crippen molar-refractivity contribution in [1.82, 2.24) is 4.90 Å². The highest BCUT2D eigenvalue weighted by Crippen LogP contribution is 2.50. The molecule has 0 unspecified atom stereocenters. The molecule has 2 N–H and O–H groups in total. The molecule has 12 nitrogen and oxygen atoms in total. The number of rotatable bonds is 12. The third-order valence-corrected chi connectivity index (χ3v) is 12.7. The second kappa shape index (κ2) is 18.2. The third-order valence-electron chi connectivity index (χ3n) is 12.7. The van der Waals surface area contributed by atoms with Crippen molar-refractivity contribution >= 4 is 52.1 Å². The van der Waals surface area contributed by atoms with E-state index in [4.69, 9.17) is 9.47 Å². The Morgan fingerprint density at radius 1 is 0.632 bits per heavy atom. The van der Waals surface area contributed by atoms with Gasteiger partial charge in [-0.2, -0.15) is 0 Å². The zero-order valence-corrected chi connectivity index (χ0v) is 37.1. The molecule has 3 aliphatic rings. The van der Waals surface area contributed by atoms with Crippen LogP contribution < -0.4 is 24.2 Å². The van der Waals surface area contributed by atoms with Crippen molar-refractivity contribution in [2.75, 3.05) is 27.9 Å². The van der Waals surface area contributed by atoms with Crippen LogP contribution in [0.3, 0.4) is 0 Å². The summed E-state index contributed by atoms with van der Waals surface area (Å²) >= 11 is 0. The van der Waals surface area contributed by atoms with Crippen molar-refractivity contribution in [3.05, 3.63) is 210 Å². The molecule has 0 fully saturated rings. The second-order valence-electron chi connectivity index (χ2n) is 16.9. The van der Waals surface area contributed by atoms with E-state index in [-0.39, 0.29) is 49.4 Å². The number of hydrogen-bond donors (Lipinski definition) is 2. The molecule has 4 amide bonds. The van der Waals surface area contributed by atoms with E-state index < -0.39 is 17.4 Å². The molecular formula is C56H46N4O8. The number of fused-ring (bicyclic) bond motifs is 5. The number of aliphatic hydroxyl groups excluding tert-OH is 1. The molecule has 10 rings (SSSR count). The summed E-state index contributed by atoms with van der Waals surface area (Å²) in [7, 11) is 0. The first-order valence-corrected chi connectivity index (χ1v) is 22.4. The lowest BCUT2D eigenvalue weighted by atomic mass is 9.82. The van der Waals surface area contributed by atoms with Crippen LogP contribution >= 0.6 is 0 Å². The average Bonchev–Trinajstić information content (AvgIpc) is 3.44. The molecule has 0 aliphatic carbocycles. The van der Waals surface area contributed by atoms with Gasteiger partial charge in [0.15, 0.2) is 17.1 Å². The molecule has 338 valence electrons. The quantitative estimate of drug-likeness (QED) is 0.116. The summed E-state index contributed by atoms with van der Waals surface area (Å²) in [5.74, 6) is -0.470. The highest BCUT2D eigenvalue weighted by molar-refractivity contribution is 6.16. The predicted molar refractivity (Wildman–Crippen MR) is 259 cm³/mol. The monoisotopic (exact) mass is 902 g/mol. The Hall–Kier alpha value is -8.32. The molecule has 68 heavy (non-hydrogen) atoms. The average molecular weight is 903 g/mol. The van der Waals surface area contributed by atoms with Crippen LogP contribution in [0.5, 0.6) is 23.0 Å². The van der Waals surface area contributed by atoms with Crippen molar-refractivity contribution < 1.29 is 38.9 Å². The molecule has 0 aromatic heterocycles. The Kier molecular flexibility index (Phi) is 11.6. The van der Waals surface area contributed by atoms with Crippen LogP contribution in [0.25, 0.3) is 0 Å². The van der Waals surface area contributed by atoms with Gasteiger partial charge in [0.1, 0.15) is 11.5 Å². The zero-order valence-electron chi connectivity index (χ0n) is 37.1. The standard InChI is InChI=1S/C56H46N4O8/c1-37(14-13-25-52(62)57(32-33-61)35-38-15-3-2-4-16-38)56(66)44-34-41(60-47-20-8-12-24-51(47)68-49-22-10-6-18-43(49)54(60)64)30-31-45(44)58(55(56)65)36-39-26-28-40(29-27-39)59-46-19-7-11-23-50(46)67-48-21-9-5-17-42(48)53(59)63/h2-24,26-31,34,37,61,66H,25,32-33,35-36H2,1H3/b14-13+/t37-,56+/m1/s1. The summed E-state index contributed by atoms with van der Waals surface area (Å²) in [6, 6.07) is 50.6. The van der Waals surface area contributed by atoms with E-state index in [1.165, 1.54) is 9.80 Å². The van der Waals surface area contributed by atoms with Crippen LogP contribution in [0, 0.1) is 5.92 Å². The third kappa shape index (κ3) is 7.85. The summed E-state index contributed by atoms with van der Waals surface area (Å²) in [4.78, 5) is 63.4. The maximum Gasteiger partial charge on any atom is 0.266 e. The SMILES string of the molecule is C[C@H](/C=C/CC(=O)N(CCO)Cc1ccccc1)[C@@]1(O)C(=O)N(Cc2ccc(N3C(=O)c4ccccc4Oc4ccccc43)cc2)c2ccc(N3C(=O)c4ccccc4Oc4ccccc43)cc21. The first-order chi connectivity index (χ1) is 33.1. The van der Waals surface area contributed by atoms with E-state index in [2.05, 4.69) is 0 Å². The number of carbonyl (C=O) groups is 4. The maximum absolute atomic E-state index is 15.0. The number of anilines is 5. The van der Waals surface area contributed by atoms with E-state index >= 15 is 4.79 Å². The van der Waals surface area contributed by atoms with E-state index in [1.807, 2.05) is 97.1 Å². The van der Waals surface area contributed by atoms with Crippen molar-refractivity contribution in [1.29, 1.82) is 0 Å².